The number of nitriles is 1. The quantitative estimate of drug-likeness (QED) is 0.915. The second kappa shape index (κ2) is 5.41. The van der Waals surface area contributed by atoms with Crippen molar-refractivity contribution in [3.8, 4) is 6.07 Å². The molecule has 0 fully saturated rings. The Morgan fingerprint density at radius 2 is 2.12 bits per heavy atom. The zero-order chi connectivity index (χ0) is 13.1. The van der Waals surface area contributed by atoms with Crippen LogP contribution < -0.4 is 5.32 Å². The highest BCUT2D eigenvalue weighted by molar-refractivity contribution is 9.10. The topological polar surface area (TPSA) is 35.8 Å². The first kappa shape index (κ1) is 13.8. The summed E-state index contributed by atoms with van der Waals surface area (Å²) >= 11 is 2.86. The minimum absolute atomic E-state index is 0.00359. The second-order valence-electron chi connectivity index (χ2n) is 3.60. The number of hydrogen-bond acceptors (Lipinski definition) is 2. The zero-order valence-electron chi connectivity index (χ0n) is 8.98. The maximum Gasteiger partial charge on any atom is 0.417 e. The number of benzene rings is 1. The van der Waals surface area contributed by atoms with Crippen LogP contribution in [-0.4, -0.2) is 6.54 Å². The third-order valence-corrected chi connectivity index (χ3v) is 2.80. The van der Waals surface area contributed by atoms with Crippen LogP contribution >= 0.6 is 15.9 Å². The summed E-state index contributed by atoms with van der Waals surface area (Å²) in [4.78, 5) is 0. The van der Waals surface area contributed by atoms with E-state index >= 15 is 0 Å². The molecule has 0 aliphatic heterocycles. The number of nitrogens with one attached hydrogen (secondary N) is 1. The molecule has 17 heavy (non-hydrogen) atoms. The first-order valence-electron chi connectivity index (χ1n) is 4.85. The summed E-state index contributed by atoms with van der Waals surface area (Å²) in [6, 6.07) is 5.89. The van der Waals surface area contributed by atoms with Gasteiger partial charge in [-0.05, 0) is 25.1 Å². The number of anilines is 1. The van der Waals surface area contributed by atoms with E-state index in [1.165, 1.54) is 12.1 Å². The lowest BCUT2D eigenvalue weighted by molar-refractivity contribution is -0.138. The molecule has 0 saturated heterocycles. The highest BCUT2D eigenvalue weighted by Gasteiger charge is 2.33. The fourth-order valence-corrected chi connectivity index (χ4v) is 1.64. The van der Waals surface area contributed by atoms with E-state index in [1.54, 1.807) is 6.92 Å². The summed E-state index contributed by atoms with van der Waals surface area (Å²) in [7, 11) is 0. The SMILES string of the molecule is CC(C#N)CNc1ccc(Br)c(C(F)(F)F)c1. The minimum atomic E-state index is -4.39. The molecule has 0 heterocycles. The van der Waals surface area contributed by atoms with Crippen molar-refractivity contribution in [3.63, 3.8) is 0 Å². The average Bonchev–Trinajstić information content (AvgIpc) is 2.26. The standard InChI is InChI=1S/C11H10BrF3N2/c1-7(5-16)6-17-8-2-3-10(12)9(4-8)11(13,14)15/h2-4,7,17H,6H2,1H3. The van der Waals surface area contributed by atoms with Gasteiger partial charge in [0.1, 0.15) is 0 Å². The highest BCUT2D eigenvalue weighted by atomic mass is 79.9. The summed E-state index contributed by atoms with van der Waals surface area (Å²) in [6.07, 6.45) is -4.39. The van der Waals surface area contributed by atoms with Gasteiger partial charge < -0.3 is 5.32 Å². The van der Waals surface area contributed by atoms with Crippen molar-refractivity contribution in [1.29, 1.82) is 5.26 Å². The minimum Gasteiger partial charge on any atom is -0.384 e. The Morgan fingerprint density at radius 3 is 2.65 bits per heavy atom. The Balaban J connectivity index is 2.87. The van der Waals surface area contributed by atoms with Crippen LogP contribution in [0.2, 0.25) is 0 Å². The predicted octanol–water partition coefficient (Wildman–Crippen LogP) is 4.04. The van der Waals surface area contributed by atoms with Gasteiger partial charge in [0, 0.05) is 16.7 Å². The van der Waals surface area contributed by atoms with Crippen molar-refractivity contribution in [2.75, 3.05) is 11.9 Å². The molecule has 2 nitrogen and oxygen atoms in total. The van der Waals surface area contributed by atoms with Crippen LogP contribution in [0.4, 0.5) is 18.9 Å². The van der Waals surface area contributed by atoms with Crippen LogP contribution in [0.25, 0.3) is 0 Å². The van der Waals surface area contributed by atoms with E-state index in [0.717, 1.165) is 6.07 Å². The summed E-state index contributed by atoms with van der Waals surface area (Å²) in [6.45, 7) is 2.01. The number of nitrogens with zero attached hydrogens (tertiary/aromatic N) is 1. The van der Waals surface area contributed by atoms with Crippen LogP contribution in [0.1, 0.15) is 12.5 Å². The van der Waals surface area contributed by atoms with Gasteiger partial charge in [-0.1, -0.05) is 15.9 Å². The molecule has 6 heteroatoms. The molecule has 0 bridgehead atoms. The number of halogens is 4. The van der Waals surface area contributed by atoms with Crippen LogP contribution in [0.5, 0.6) is 0 Å². The molecule has 1 atom stereocenters. The van der Waals surface area contributed by atoms with Crippen molar-refractivity contribution < 1.29 is 13.2 Å². The van der Waals surface area contributed by atoms with Gasteiger partial charge in [0.2, 0.25) is 0 Å². The fourth-order valence-electron chi connectivity index (χ4n) is 1.17. The molecule has 0 aliphatic rings. The third kappa shape index (κ3) is 3.93. The van der Waals surface area contributed by atoms with E-state index in [4.69, 9.17) is 5.26 Å². The van der Waals surface area contributed by atoms with Crippen molar-refractivity contribution in [2.24, 2.45) is 5.92 Å². The number of rotatable bonds is 3. The molecule has 0 spiro atoms. The Kier molecular flexibility index (Phi) is 4.40. The largest absolute Gasteiger partial charge is 0.417 e. The Hall–Kier alpha value is -1.22. The number of hydrogen-bond donors (Lipinski definition) is 1. The van der Waals surface area contributed by atoms with E-state index in [9.17, 15) is 13.2 Å². The first-order valence-corrected chi connectivity index (χ1v) is 5.64. The molecular formula is C11H10BrF3N2. The summed E-state index contributed by atoms with van der Waals surface area (Å²) in [5, 5.41) is 11.4. The van der Waals surface area contributed by atoms with Gasteiger partial charge in [-0.15, -0.1) is 0 Å². The van der Waals surface area contributed by atoms with E-state index in [2.05, 4.69) is 21.2 Å². The molecule has 92 valence electrons. The highest BCUT2D eigenvalue weighted by Crippen LogP contribution is 2.36. The molecule has 1 aromatic carbocycles. The van der Waals surface area contributed by atoms with Gasteiger partial charge in [-0.25, -0.2) is 0 Å². The molecule has 0 radical (unpaired) electrons. The van der Waals surface area contributed by atoms with Crippen molar-refractivity contribution in [1.82, 2.24) is 0 Å². The maximum atomic E-state index is 12.6. The molecule has 1 unspecified atom stereocenters. The van der Waals surface area contributed by atoms with Gasteiger partial charge in [0.05, 0.1) is 17.6 Å². The normalized spacial score (nSPS) is 12.9. The second-order valence-corrected chi connectivity index (χ2v) is 4.46. The predicted molar refractivity (Wildman–Crippen MR) is 62.4 cm³/mol. The van der Waals surface area contributed by atoms with Crippen molar-refractivity contribution >= 4 is 21.6 Å². The van der Waals surface area contributed by atoms with Gasteiger partial charge in [-0.2, -0.15) is 18.4 Å². The third-order valence-electron chi connectivity index (χ3n) is 2.10. The molecule has 1 rings (SSSR count). The average molecular weight is 307 g/mol. The Labute approximate surface area is 106 Å². The molecule has 0 amide bonds. The van der Waals surface area contributed by atoms with Crippen molar-refractivity contribution in [3.05, 3.63) is 28.2 Å². The monoisotopic (exact) mass is 306 g/mol. The Morgan fingerprint density at radius 1 is 1.47 bits per heavy atom. The lowest BCUT2D eigenvalue weighted by Crippen LogP contribution is -2.11. The van der Waals surface area contributed by atoms with Crippen molar-refractivity contribution in [2.45, 2.75) is 13.1 Å². The first-order chi connectivity index (χ1) is 7.84. The molecule has 1 N–H and O–H groups in total. The summed E-state index contributed by atoms with van der Waals surface area (Å²) in [5.74, 6) is -0.256. The van der Waals surface area contributed by atoms with Gasteiger partial charge >= 0.3 is 6.18 Å². The van der Waals surface area contributed by atoms with Crippen LogP contribution in [0, 0.1) is 17.2 Å². The Bertz CT molecular complexity index is 437. The van der Waals surface area contributed by atoms with Gasteiger partial charge in [0.25, 0.3) is 0 Å². The summed E-state index contributed by atoms with van der Waals surface area (Å²) < 4.78 is 37.8. The molecule has 1 aromatic rings. The lowest BCUT2D eigenvalue weighted by atomic mass is 10.1. The molecular weight excluding hydrogens is 297 g/mol. The summed E-state index contributed by atoms with van der Waals surface area (Å²) in [5.41, 5.74) is -0.380. The zero-order valence-corrected chi connectivity index (χ0v) is 10.6. The molecule has 0 aliphatic carbocycles. The molecule has 0 saturated carbocycles. The van der Waals surface area contributed by atoms with E-state index in [-0.39, 0.29) is 10.4 Å². The van der Waals surface area contributed by atoms with Crippen LogP contribution in [0.3, 0.4) is 0 Å². The maximum absolute atomic E-state index is 12.6. The van der Waals surface area contributed by atoms with Gasteiger partial charge in [-0.3, -0.25) is 0 Å². The van der Waals surface area contributed by atoms with Crippen LogP contribution in [-0.2, 0) is 6.18 Å². The smallest absolute Gasteiger partial charge is 0.384 e. The van der Waals surface area contributed by atoms with Crippen LogP contribution in [0.15, 0.2) is 22.7 Å². The van der Waals surface area contributed by atoms with E-state index < -0.39 is 11.7 Å². The molecule has 0 aromatic heterocycles. The number of alkyl halides is 3. The van der Waals surface area contributed by atoms with E-state index in [0.29, 0.717) is 12.2 Å². The van der Waals surface area contributed by atoms with Gasteiger partial charge in [0.15, 0.2) is 0 Å². The lowest BCUT2D eigenvalue weighted by Gasteiger charge is -2.13. The van der Waals surface area contributed by atoms with E-state index in [1.807, 2.05) is 6.07 Å². The fraction of sp³-hybridized carbons (Fsp3) is 0.364.